The van der Waals surface area contributed by atoms with Gasteiger partial charge in [-0.05, 0) is 36.2 Å². The van der Waals surface area contributed by atoms with Crippen LogP contribution in [-0.4, -0.2) is 24.6 Å². The summed E-state index contributed by atoms with van der Waals surface area (Å²) in [6, 6.07) is 7.21. The largest absolute Gasteiger partial charge is 0.494 e. The molecule has 0 saturated heterocycles. The van der Waals surface area contributed by atoms with Crippen molar-refractivity contribution in [2.45, 2.75) is 19.8 Å². The Morgan fingerprint density at radius 3 is 2.63 bits per heavy atom. The van der Waals surface area contributed by atoms with Crippen molar-refractivity contribution < 1.29 is 14.3 Å². The molecule has 0 atom stereocenters. The Bertz CT molecular complexity index is 455. The van der Waals surface area contributed by atoms with Gasteiger partial charge in [0, 0.05) is 0 Å². The van der Waals surface area contributed by atoms with Crippen LogP contribution in [0.5, 0.6) is 5.75 Å². The van der Waals surface area contributed by atoms with E-state index in [1.54, 1.807) is 12.1 Å². The molecule has 0 unspecified atom stereocenters. The zero-order chi connectivity index (χ0) is 14.1. The van der Waals surface area contributed by atoms with E-state index in [-0.39, 0.29) is 0 Å². The van der Waals surface area contributed by atoms with Gasteiger partial charge in [-0.3, -0.25) is 9.59 Å². The monoisotopic (exact) mass is 263 g/mol. The van der Waals surface area contributed by atoms with Crippen molar-refractivity contribution in [3.05, 3.63) is 29.8 Å². The fourth-order valence-corrected chi connectivity index (χ4v) is 1.21. The van der Waals surface area contributed by atoms with Crippen LogP contribution in [0.2, 0.25) is 0 Å². The number of nitrogens with zero attached hydrogens (tertiary/aromatic N) is 1. The molecular weight excluding hydrogens is 246 g/mol. The molecular formula is C13H17N3O3. The van der Waals surface area contributed by atoms with Crippen LogP contribution in [0.4, 0.5) is 0 Å². The van der Waals surface area contributed by atoms with Gasteiger partial charge in [-0.2, -0.15) is 5.10 Å². The molecule has 0 saturated carbocycles. The number of amides is 2. The van der Waals surface area contributed by atoms with Crippen LogP contribution >= 0.6 is 0 Å². The van der Waals surface area contributed by atoms with Crippen molar-refractivity contribution >= 4 is 18.0 Å². The third-order valence-electron chi connectivity index (χ3n) is 2.25. The van der Waals surface area contributed by atoms with Gasteiger partial charge in [0.15, 0.2) is 0 Å². The maximum atomic E-state index is 10.8. The van der Waals surface area contributed by atoms with Crippen LogP contribution in [-0.2, 0) is 9.59 Å². The molecule has 0 radical (unpaired) electrons. The van der Waals surface area contributed by atoms with Crippen LogP contribution in [0.1, 0.15) is 25.3 Å². The van der Waals surface area contributed by atoms with E-state index in [9.17, 15) is 9.59 Å². The molecule has 6 heteroatoms. The minimum Gasteiger partial charge on any atom is -0.494 e. The van der Waals surface area contributed by atoms with Gasteiger partial charge in [-0.1, -0.05) is 13.3 Å². The molecule has 0 aliphatic rings. The molecule has 6 nitrogen and oxygen atoms in total. The number of primary amides is 1. The predicted molar refractivity (Wildman–Crippen MR) is 71.8 cm³/mol. The highest BCUT2D eigenvalue weighted by Crippen LogP contribution is 2.11. The average molecular weight is 263 g/mol. The summed E-state index contributed by atoms with van der Waals surface area (Å²) in [6.45, 7) is 2.79. The summed E-state index contributed by atoms with van der Waals surface area (Å²) in [4.78, 5) is 21.2. The molecule has 0 aliphatic carbocycles. The molecule has 0 fully saturated rings. The highest BCUT2D eigenvalue weighted by molar-refractivity contribution is 6.34. The maximum absolute atomic E-state index is 10.8. The van der Waals surface area contributed by atoms with E-state index in [0.29, 0.717) is 6.61 Å². The lowest BCUT2D eigenvalue weighted by atomic mass is 10.2. The fourth-order valence-electron chi connectivity index (χ4n) is 1.21. The number of hydrogen-bond donors (Lipinski definition) is 2. The number of benzene rings is 1. The molecule has 0 aliphatic heterocycles. The van der Waals surface area contributed by atoms with Gasteiger partial charge < -0.3 is 10.5 Å². The Labute approximate surface area is 111 Å². The number of ether oxygens (including phenoxy) is 1. The lowest BCUT2D eigenvalue weighted by Gasteiger charge is -2.04. The van der Waals surface area contributed by atoms with Crippen LogP contribution in [0.15, 0.2) is 29.4 Å². The minimum atomic E-state index is -1.07. The van der Waals surface area contributed by atoms with E-state index in [0.717, 1.165) is 24.2 Å². The van der Waals surface area contributed by atoms with Gasteiger partial charge in [0.1, 0.15) is 5.75 Å². The number of unbranched alkanes of at least 4 members (excludes halogenated alkanes) is 1. The molecule has 1 rings (SSSR count). The van der Waals surface area contributed by atoms with E-state index in [1.807, 2.05) is 17.6 Å². The van der Waals surface area contributed by atoms with E-state index < -0.39 is 11.8 Å². The highest BCUT2D eigenvalue weighted by atomic mass is 16.5. The molecule has 0 spiro atoms. The van der Waals surface area contributed by atoms with Crippen molar-refractivity contribution in [2.24, 2.45) is 10.8 Å². The van der Waals surface area contributed by atoms with Crippen molar-refractivity contribution in [3.8, 4) is 5.75 Å². The Morgan fingerprint density at radius 1 is 1.37 bits per heavy atom. The summed E-state index contributed by atoms with van der Waals surface area (Å²) < 4.78 is 5.50. The van der Waals surface area contributed by atoms with Crippen molar-refractivity contribution in [3.63, 3.8) is 0 Å². The van der Waals surface area contributed by atoms with Gasteiger partial charge in [-0.15, -0.1) is 0 Å². The standard InChI is InChI=1S/C13H17N3O3/c1-2-3-8-19-11-6-4-10(5-7-11)9-15-16-13(18)12(14)17/h4-7,9H,2-3,8H2,1H3,(H2,14,17)(H,16,18)/b15-9-. The van der Waals surface area contributed by atoms with Crippen LogP contribution in [0.25, 0.3) is 0 Å². The topological polar surface area (TPSA) is 93.8 Å². The normalized spacial score (nSPS) is 10.4. The van der Waals surface area contributed by atoms with E-state index in [2.05, 4.69) is 12.0 Å². The Hall–Kier alpha value is -2.37. The lowest BCUT2D eigenvalue weighted by molar-refractivity contribution is -0.137. The molecule has 1 aromatic rings. The molecule has 2 amide bonds. The van der Waals surface area contributed by atoms with E-state index in [1.165, 1.54) is 6.21 Å². The second-order valence-electron chi connectivity index (χ2n) is 3.83. The van der Waals surface area contributed by atoms with Crippen molar-refractivity contribution in [1.82, 2.24) is 5.43 Å². The number of nitrogens with one attached hydrogen (secondary N) is 1. The average Bonchev–Trinajstić information content (AvgIpc) is 2.40. The summed E-state index contributed by atoms with van der Waals surface area (Å²) in [7, 11) is 0. The van der Waals surface area contributed by atoms with Gasteiger partial charge >= 0.3 is 11.8 Å². The highest BCUT2D eigenvalue weighted by Gasteiger charge is 2.05. The first-order valence-corrected chi connectivity index (χ1v) is 5.99. The summed E-state index contributed by atoms with van der Waals surface area (Å²) in [5.41, 5.74) is 7.53. The maximum Gasteiger partial charge on any atom is 0.329 e. The fraction of sp³-hybridized carbons (Fsp3) is 0.308. The number of rotatable bonds is 6. The van der Waals surface area contributed by atoms with E-state index in [4.69, 9.17) is 10.5 Å². The summed E-state index contributed by atoms with van der Waals surface area (Å²) in [5, 5.41) is 3.60. The van der Waals surface area contributed by atoms with Crippen LogP contribution in [0, 0.1) is 0 Å². The third kappa shape index (κ3) is 5.67. The molecule has 3 N–H and O–H groups in total. The smallest absolute Gasteiger partial charge is 0.329 e. The van der Waals surface area contributed by atoms with Gasteiger partial charge in [0.05, 0.1) is 12.8 Å². The first kappa shape index (κ1) is 14.7. The Kier molecular flexibility index (Phi) is 6.08. The second kappa shape index (κ2) is 7.86. The first-order valence-electron chi connectivity index (χ1n) is 5.99. The molecule has 19 heavy (non-hydrogen) atoms. The summed E-state index contributed by atoms with van der Waals surface area (Å²) in [6.07, 6.45) is 3.52. The van der Waals surface area contributed by atoms with Gasteiger partial charge in [0.25, 0.3) is 0 Å². The molecule has 0 bridgehead atoms. The SMILES string of the molecule is CCCCOc1ccc(/C=N\NC(=O)C(N)=O)cc1. The summed E-state index contributed by atoms with van der Waals surface area (Å²) >= 11 is 0. The van der Waals surface area contributed by atoms with Crippen molar-refractivity contribution in [2.75, 3.05) is 6.61 Å². The third-order valence-corrected chi connectivity index (χ3v) is 2.25. The molecule has 102 valence electrons. The zero-order valence-corrected chi connectivity index (χ0v) is 10.8. The first-order chi connectivity index (χ1) is 9.13. The number of hydrazone groups is 1. The quantitative estimate of drug-likeness (QED) is 0.344. The lowest BCUT2D eigenvalue weighted by Crippen LogP contribution is -2.32. The zero-order valence-electron chi connectivity index (χ0n) is 10.8. The molecule has 0 heterocycles. The minimum absolute atomic E-state index is 0.693. The van der Waals surface area contributed by atoms with E-state index >= 15 is 0 Å². The number of carbonyl (C=O) groups is 2. The molecule has 1 aromatic carbocycles. The van der Waals surface area contributed by atoms with Crippen LogP contribution in [0.3, 0.4) is 0 Å². The summed E-state index contributed by atoms with van der Waals surface area (Å²) in [5.74, 6) is -1.24. The number of nitrogens with two attached hydrogens (primary N) is 1. The second-order valence-corrected chi connectivity index (χ2v) is 3.83. The molecule has 0 aromatic heterocycles. The van der Waals surface area contributed by atoms with Gasteiger partial charge in [0.2, 0.25) is 0 Å². The Morgan fingerprint density at radius 2 is 2.05 bits per heavy atom. The number of carbonyl (C=O) groups excluding carboxylic acids is 2. The predicted octanol–water partition coefficient (Wildman–Crippen LogP) is 0.801. The van der Waals surface area contributed by atoms with Crippen molar-refractivity contribution in [1.29, 1.82) is 0 Å². The van der Waals surface area contributed by atoms with Crippen LogP contribution < -0.4 is 15.9 Å². The van der Waals surface area contributed by atoms with Gasteiger partial charge in [-0.25, -0.2) is 5.43 Å². The number of hydrogen-bond acceptors (Lipinski definition) is 4. The Balaban J connectivity index is 2.45.